The van der Waals surface area contributed by atoms with E-state index < -0.39 is 11.9 Å². The van der Waals surface area contributed by atoms with Crippen LogP contribution in [-0.4, -0.2) is 37.7 Å². The van der Waals surface area contributed by atoms with Gasteiger partial charge in [-0.15, -0.1) is 0 Å². The standard InChI is InChI=1S/C22H18Br2INO6/c1-3-29-18-9-12(7-15(24)20(18)31-11-19(27)30-4-2)8-17-22(28)32-21(26-17)13-5-6-16(25)14(23)10-13/h5-10H,3-4,11H2,1-2H3/b17-8-. The lowest BCUT2D eigenvalue weighted by molar-refractivity contribution is -0.145. The molecule has 0 aromatic heterocycles. The molecule has 1 aliphatic heterocycles. The summed E-state index contributed by atoms with van der Waals surface area (Å²) in [6.07, 6.45) is 1.60. The number of carbonyl (C=O) groups is 2. The van der Waals surface area contributed by atoms with Gasteiger partial charge in [0.2, 0.25) is 5.90 Å². The summed E-state index contributed by atoms with van der Waals surface area (Å²) >= 11 is 9.11. The maximum Gasteiger partial charge on any atom is 0.363 e. The molecule has 2 aromatic rings. The molecule has 0 atom stereocenters. The molecule has 7 nitrogen and oxygen atoms in total. The molecule has 10 heteroatoms. The van der Waals surface area contributed by atoms with Gasteiger partial charge in [-0.3, -0.25) is 0 Å². The number of benzene rings is 2. The van der Waals surface area contributed by atoms with Crippen LogP contribution in [-0.2, 0) is 19.1 Å². The van der Waals surface area contributed by atoms with Gasteiger partial charge in [0.05, 0.1) is 17.7 Å². The van der Waals surface area contributed by atoms with Gasteiger partial charge in [-0.1, -0.05) is 0 Å². The average molecular weight is 679 g/mol. The van der Waals surface area contributed by atoms with Crippen LogP contribution < -0.4 is 9.47 Å². The quantitative estimate of drug-likeness (QED) is 0.208. The predicted octanol–water partition coefficient (Wildman–Crippen LogP) is 5.50. The largest absolute Gasteiger partial charge is 0.490 e. The molecular formula is C22H18Br2INO6. The topological polar surface area (TPSA) is 83.4 Å². The second kappa shape index (κ2) is 11.3. The first kappa shape index (κ1) is 24.7. The van der Waals surface area contributed by atoms with Gasteiger partial charge in [0.25, 0.3) is 0 Å². The van der Waals surface area contributed by atoms with Crippen LogP contribution in [0.3, 0.4) is 0 Å². The summed E-state index contributed by atoms with van der Waals surface area (Å²) in [5.41, 5.74) is 1.49. The third kappa shape index (κ3) is 6.10. The van der Waals surface area contributed by atoms with Crippen molar-refractivity contribution in [2.75, 3.05) is 19.8 Å². The van der Waals surface area contributed by atoms with E-state index in [2.05, 4.69) is 59.4 Å². The Morgan fingerprint density at radius 1 is 1.12 bits per heavy atom. The van der Waals surface area contributed by atoms with Gasteiger partial charge in [-0.25, -0.2) is 14.6 Å². The minimum atomic E-state index is -0.550. The van der Waals surface area contributed by atoms with Crippen LogP contribution in [0.5, 0.6) is 11.5 Å². The summed E-state index contributed by atoms with van der Waals surface area (Å²) in [7, 11) is 0. The van der Waals surface area contributed by atoms with E-state index in [-0.39, 0.29) is 24.8 Å². The number of hydrogen-bond acceptors (Lipinski definition) is 7. The monoisotopic (exact) mass is 677 g/mol. The zero-order chi connectivity index (χ0) is 23.3. The SMILES string of the molecule is CCOC(=O)COc1c(Br)cc(/C=C2\N=C(c3ccc(I)c(Br)c3)OC2=O)cc1OCC. The lowest BCUT2D eigenvalue weighted by Gasteiger charge is -2.14. The predicted molar refractivity (Wildman–Crippen MR) is 135 cm³/mol. The Hall–Kier alpha value is -1.92. The fourth-order valence-corrected chi connectivity index (χ4v) is 4.02. The van der Waals surface area contributed by atoms with Crippen LogP contribution in [0.4, 0.5) is 0 Å². The molecule has 0 fully saturated rings. The van der Waals surface area contributed by atoms with E-state index in [4.69, 9.17) is 18.9 Å². The van der Waals surface area contributed by atoms with E-state index in [0.717, 1.165) is 8.04 Å². The number of nitrogens with zero attached hydrogens (tertiary/aromatic N) is 1. The summed E-state index contributed by atoms with van der Waals surface area (Å²) < 4.78 is 24.0. The summed E-state index contributed by atoms with van der Waals surface area (Å²) in [5, 5.41) is 0. The van der Waals surface area contributed by atoms with Gasteiger partial charge >= 0.3 is 11.9 Å². The van der Waals surface area contributed by atoms with E-state index in [1.807, 2.05) is 25.1 Å². The van der Waals surface area contributed by atoms with Crippen LogP contribution in [0.1, 0.15) is 25.0 Å². The van der Waals surface area contributed by atoms with Crippen molar-refractivity contribution in [1.29, 1.82) is 0 Å². The number of esters is 2. The molecule has 0 bridgehead atoms. The summed E-state index contributed by atoms with van der Waals surface area (Å²) in [4.78, 5) is 28.4. The maximum atomic E-state index is 12.4. The molecule has 0 radical (unpaired) electrons. The summed E-state index contributed by atoms with van der Waals surface area (Å²) in [6, 6.07) is 9.01. The molecule has 0 saturated heterocycles. The second-order valence-electron chi connectivity index (χ2n) is 6.32. The van der Waals surface area contributed by atoms with Gasteiger partial charge in [0.1, 0.15) is 0 Å². The number of cyclic esters (lactones) is 1. The van der Waals surface area contributed by atoms with Gasteiger partial charge in [-0.2, -0.15) is 0 Å². The van der Waals surface area contributed by atoms with Crippen LogP contribution >= 0.6 is 54.5 Å². The van der Waals surface area contributed by atoms with E-state index in [0.29, 0.717) is 33.7 Å². The number of carbonyl (C=O) groups excluding carboxylic acids is 2. The molecule has 0 amide bonds. The molecule has 1 aliphatic rings. The number of hydrogen-bond donors (Lipinski definition) is 0. The van der Waals surface area contributed by atoms with Crippen molar-refractivity contribution >= 4 is 78.4 Å². The highest BCUT2D eigenvalue weighted by Gasteiger charge is 2.25. The Labute approximate surface area is 215 Å². The van der Waals surface area contributed by atoms with E-state index in [1.54, 1.807) is 25.1 Å². The lowest BCUT2D eigenvalue weighted by atomic mass is 10.1. The Morgan fingerprint density at radius 2 is 1.91 bits per heavy atom. The van der Waals surface area contributed by atoms with Crippen molar-refractivity contribution in [2.24, 2.45) is 4.99 Å². The van der Waals surface area contributed by atoms with Gasteiger partial charge in [-0.05, 0) is 110 Å². The van der Waals surface area contributed by atoms with Crippen molar-refractivity contribution in [3.05, 3.63) is 59.7 Å². The first-order valence-electron chi connectivity index (χ1n) is 9.55. The highest BCUT2D eigenvalue weighted by atomic mass is 127. The molecule has 0 unspecified atom stereocenters. The Bertz CT molecular complexity index is 1120. The molecule has 168 valence electrons. The number of ether oxygens (including phenoxy) is 4. The fraction of sp³-hybridized carbons (Fsp3) is 0.227. The summed E-state index contributed by atoms with van der Waals surface area (Å²) in [6.45, 7) is 3.96. The van der Waals surface area contributed by atoms with E-state index in [1.165, 1.54) is 0 Å². The fourth-order valence-electron chi connectivity index (χ4n) is 2.73. The van der Waals surface area contributed by atoms with Gasteiger partial charge in [0, 0.05) is 13.6 Å². The van der Waals surface area contributed by atoms with E-state index in [9.17, 15) is 9.59 Å². The third-order valence-electron chi connectivity index (χ3n) is 4.06. The van der Waals surface area contributed by atoms with Crippen LogP contribution in [0.15, 0.2) is 50.0 Å². The Kier molecular flexibility index (Phi) is 8.72. The third-order valence-corrected chi connectivity index (χ3v) is 6.99. The minimum absolute atomic E-state index is 0.157. The normalized spacial score (nSPS) is 14.2. The van der Waals surface area contributed by atoms with E-state index >= 15 is 0 Å². The molecular weight excluding hydrogens is 661 g/mol. The lowest BCUT2D eigenvalue weighted by Crippen LogP contribution is -2.15. The number of rotatable bonds is 8. The molecule has 32 heavy (non-hydrogen) atoms. The highest BCUT2D eigenvalue weighted by molar-refractivity contribution is 14.1. The minimum Gasteiger partial charge on any atom is -0.490 e. The molecule has 0 saturated carbocycles. The maximum absolute atomic E-state index is 12.4. The van der Waals surface area contributed by atoms with Crippen molar-refractivity contribution < 1.29 is 28.5 Å². The number of aliphatic imine (C=N–C) groups is 1. The van der Waals surface area contributed by atoms with Gasteiger partial charge in [0.15, 0.2) is 23.8 Å². The zero-order valence-corrected chi connectivity index (χ0v) is 22.4. The Balaban J connectivity index is 1.89. The first-order valence-corrected chi connectivity index (χ1v) is 12.2. The molecule has 3 rings (SSSR count). The second-order valence-corrected chi connectivity index (χ2v) is 9.19. The molecule has 0 spiro atoms. The smallest absolute Gasteiger partial charge is 0.363 e. The van der Waals surface area contributed by atoms with Crippen LogP contribution in [0.2, 0.25) is 0 Å². The summed E-state index contributed by atoms with van der Waals surface area (Å²) in [5.74, 6) is -0.0202. The molecule has 0 N–H and O–H groups in total. The van der Waals surface area contributed by atoms with Crippen LogP contribution in [0.25, 0.3) is 6.08 Å². The molecule has 2 aromatic carbocycles. The molecule has 1 heterocycles. The first-order chi connectivity index (χ1) is 15.3. The van der Waals surface area contributed by atoms with Crippen molar-refractivity contribution in [1.82, 2.24) is 0 Å². The average Bonchev–Trinajstić information content (AvgIpc) is 3.10. The number of halogens is 3. The Morgan fingerprint density at radius 3 is 2.59 bits per heavy atom. The zero-order valence-electron chi connectivity index (χ0n) is 17.1. The van der Waals surface area contributed by atoms with Crippen molar-refractivity contribution in [2.45, 2.75) is 13.8 Å². The molecule has 0 aliphatic carbocycles. The van der Waals surface area contributed by atoms with Crippen LogP contribution in [0, 0.1) is 3.57 Å². The van der Waals surface area contributed by atoms with Crippen molar-refractivity contribution in [3.8, 4) is 11.5 Å². The van der Waals surface area contributed by atoms with Gasteiger partial charge < -0.3 is 18.9 Å². The van der Waals surface area contributed by atoms with Crippen molar-refractivity contribution in [3.63, 3.8) is 0 Å². The highest BCUT2D eigenvalue weighted by Crippen LogP contribution is 2.38.